The Bertz CT molecular complexity index is 312. The molecule has 1 aromatic rings. The second-order valence-corrected chi connectivity index (χ2v) is 4.28. The van der Waals surface area contributed by atoms with Gasteiger partial charge in [0.25, 0.3) is 5.24 Å². The number of carbonyl (C=O) groups is 1. The number of carbonyl (C=O) groups excluding carboxylic acids is 1. The van der Waals surface area contributed by atoms with Crippen LogP contribution in [0.15, 0.2) is 30.3 Å². The minimum absolute atomic E-state index is 0.0846. The molecule has 68 valence electrons. The highest BCUT2D eigenvalue weighted by molar-refractivity contribution is 8.14. The smallest absolute Gasteiger partial charge is 0.279 e. The number of rotatable bonds is 1. The van der Waals surface area contributed by atoms with Crippen molar-refractivity contribution in [3.8, 4) is 0 Å². The van der Waals surface area contributed by atoms with Gasteiger partial charge in [-0.1, -0.05) is 42.1 Å². The average Bonchev–Trinajstić information content (AvgIpc) is 2.47. The molecule has 0 aromatic heterocycles. The van der Waals surface area contributed by atoms with Gasteiger partial charge in [-0.3, -0.25) is 4.79 Å². The summed E-state index contributed by atoms with van der Waals surface area (Å²) in [7, 11) is 0. The fourth-order valence-corrected chi connectivity index (χ4v) is 2.56. The molecule has 0 spiro atoms. The van der Waals surface area contributed by atoms with Crippen LogP contribution in [0.2, 0.25) is 0 Å². The molecule has 0 bridgehead atoms. The fraction of sp³-hybridized carbons (Fsp3) is 0.300. The Balaban J connectivity index is 2.23. The van der Waals surface area contributed by atoms with E-state index in [4.69, 9.17) is 0 Å². The lowest BCUT2D eigenvalue weighted by Gasteiger charge is -2.12. The zero-order valence-corrected chi connectivity index (χ0v) is 8.17. The number of nitrogens with one attached hydrogen (secondary N) is 1. The molecule has 1 fully saturated rings. The Kier molecular flexibility index (Phi) is 2.27. The Morgan fingerprint density at radius 1 is 1.31 bits per heavy atom. The second kappa shape index (κ2) is 3.42. The molecule has 2 nitrogen and oxygen atoms in total. The van der Waals surface area contributed by atoms with Crippen molar-refractivity contribution in [1.82, 2.24) is 5.32 Å². The van der Waals surface area contributed by atoms with Crippen molar-refractivity contribution in [3.05, 3.63) is 35.9 Å². The minimum Gasteiger partial charge on any atom is -0.343 e. The molecule has 1 aliphatic heterocycles. The van der Waals surface area contributed by atoms with Crippen molar-refractivity contribution in [2.45, 2.75) is 18.2 Å². The van der Waals surface area contributed by atoms with Crippen molar-refractivity contribution in [3.63, 3.8) is 0 Å². The summed E-state index contributed by atoms with van der Waals surface area (Å²) in [6.45, 7) is 2.04. The van der Waals surface area contributed by atoms with Gasteiger partial charge in [-0.25, -0.2) is 0 Å². The molecule has 1 saturated heterocycles. The number of hydrogen-bond acceptors (Lipinski definition) is 2. The minimum atomic E-state index is 0.0846. The van der Waals surface area contributed by atoms with Crippen molar-refractivity contribution >= 4 is 17.0 Å². The Morgan fingerprint density at radius 3 is 2.54 bits per heavy atom. The summed E-state index contributed by atoms with van der Waals surface area (Å²) >= 11 is 1.38. The molecule has 2 rings (SSSR count). The molecule has 0 saturated carbocycles. The van der Waals surface area contributed by atoms with Crippen LogP contribution >= 0.6 is 11.8 Å². The summed E-state index contributed by atoms with van der Waals surface area (Å²) in [5.74, 6) is 0. The van der Waals surface area contributed by atoms with Crippen LogP contribution in [-0.2, 0) is 0 Å². The quantitative estimate of drug-likeness (QED) is 0.742. The van der Waals surface area contributed by atoms with E-state index in [1.807, 2.05) is 25.1 Å². The highest BCUT2D eigenvalue weighted by Crippen LogP contribution is 2.37. The van der Waals surface area contributed by atoms with Gasteiger partial charge in [0, 0.05) is 6.04 Å². The van der Waals surface area contributed by atoms with Gasteiger partial charge in [0.15, 0.2) is 0 Å². The van der Waals surface area contributed by atoms with E-state index in [0.717, 1.165) is 0 Å². The lowest BCUT2D eigenvalue weighted by atomic mass is 10.1. The van der Waals surface area contributed by atoms with Crippen LogP contribution in [-0.4, -0.2) is 11.3 Å². The molecule has 1 aromatic carbocycles. The molecule has 1 amide bonds. The Hall–Kier alpha value is -0.960. The van der Waals surface area contributed by atoms with Crippen LogP contribution < -0.4 is 5.32 Å². The van der Waals surface area contributed by atoms with Crippen LogP contribution in [0.1, 0.15) is 17.7 Å². The molecule has 0 radical (unpaired) electrons. The number of thioether (sulfide) groups is 1. The predicted octanol–water partition coefficient (Wildman–Crippen LogP) is 2.57. The zero-order valence-electron chi connectivity index (χ0n) is 7.36. The first kappa shape index (κ1) is 8.63. The maximum absolute atomic E-state index is 11.1. The van der Waals surface area contributed by atoms with Crippen LogP contribution in [0.3, 0.4) is 0 Å². The third-order valence-corrected chi connectivity index (χ3v) is 3.43. The second-order valence-electron chi connectivity index (χ2n) is 3.17. The van der Waals surface area contributed by atoms with Gasteiger partial charge >= 0.3 is 0 Å². The first-order chi connectivity index (χ1) is 6.27. The summed E-state index contributed by atoms with van der Waals surface area (Å²) in [6, 6.07) is 10.4. The SMILES string of the molecule is C[C@H]1NC(=O)S[C@@H]1c1ccccc1. The van der Waals surface area contributed by atoms with Crippen LogP contribution in [0, 0.1) is 0 Å². The highest BCUT2D eigenvalue weighted by Gasteiger charge is 2.30. The monoisotopic (exact) mass is 193 g/mol. The van der Waals surface area contributed by atoms with E-state index in [-0.39, 0.29) is 16.5 Å². The van der Waals surface area contributed by atoms with Gasteiger partial charge < -0.3 is 5.32 Å². The van der Waals surface area contributed by atoms with E-state index >= 15 is 0 Å². The lowest BCUT2D eigenvalue weighted by molar-refractivity contribution is 0.260. The molecule has 0 unspecified atom stereocenters. The molecule has 2 atom stereocenters. The number of amides is 1. The highest BCUT2D eigenvalue weighted by atomic mass is 32.2. The van der Waals surface area contributed by atoms with E-state index in [9.17, 15) is 4.79 Å². The molecule has 0 aliphatic carbocycles. The molecule has 1 N–H and O–H groups in total. The molecular weight excluding hydrogens is 182 g/mol. The predicted molar refractivity (Wildman–Crippen MR) is 54.8 cm³/mol. The summed E-state index contributed by atoms with van der Waals surface area (Å²) in [4.78, 5) is 11.1. The first-order valence-electron chi connectivity index (χ1n) is 4.29. The average molecular weight is 193 g/mol. The van der Waals surface area contributed by atoms with Crippen molar-refractivity contribution < 1.29 is 4.79 Å². The number of benzene rings is 1. The van der Waals surface area contributed by atoms with Crippen LogP contribution in [0.4, 0.5) is 4.79 Å². The molecule has 13 heavy (non-hydrogen) atoms. The largest absolute Gasteiger partial charge is 0.343 e. The lowest BCUT2D eigenvalue weighted by Crippen LogP contribution is -2.23. The fourth-order valence-electron chi connectivity index (χ4n) is 1.51. The van der Waals surface area contributed by atoms with Crippen LogP contribution in [0.25, 0.3) is 0 Å². The van der Waals surface area contributed by atoms with Crippen molar-refractivity contribution in [1.29, 1.82) is 0 Å². The zero-order chi connectivity index (χ0) is 9.26. The third kappa shape index (κ3) is 1.70. The van der Waals surface area contributed by atoms with Gasteiger partial charge in [0.05, 0.1) is 5.25 Å². The van der Waals surface area contributed by atoms with Gasteiger partial charge in [0.1, 0.15) is 0 Å². The molecule has 1 aliphatic rings. The van der Waals surface area contributed by atoms with Crippen LogP contribution in [0.5, 0.6) is 0 Å². The van der Waals surface area contributed by atoms with Gasteiger partial charge in [0.2, 0.25) is 0 Å². The summed E-state index contributed by atoms with van der Waals surface area (Å²) in [6.07, 6.45) is 0. The van der Waals surface area contributed by atoms with Gasteiger partial charge in [-0.05, 0) is 12.5 Å². The van der Waals surface area contributed by atoms with Crippen molar-refractivity contribution in [2.75, 3.05) is 0 Å². The Morgan fingerprint density at radius 2 is 2.00 bits per heavy atom. The number of hydrogen-bond donors (Lipinski definition) is 1. The van der Waals surface area contributed by atoms with E-state index in [2.05, 4.69) is 17.4 Å². The molecule has 3 heteroatoms. The Labute approximate surface area is 81.7 Å². The third-order valence-electron chi connectivity index (χ3n) is 2.16. The van der Waals surface area contributed by atoms with E-state index in [0.29, 0.717) is 0 Å². The van der Waals surface area contributed by atoms with E-state index < -0.39 is 0 Å². The summed E-state index contributed by atoms with van der Waals surface area (Å²) in [5, 5.41) is 3.25. The molecular formula is C10H11NOS. The maximum Gasteiger partial charge on any atom is 0.279 e. The van der Waals surface area contributed by atoms with Gasteiger partial charge in [-0.2, -0.15) is 0 Å². The maximum atomic E-state index is 11.1. The van der Waals surface area contributed by atoms with E-state index in [1.54, 1.807) is 0 Å². The normalized spacial score (nSPS) is 27.3. The van der Waals surface area contributed by atoms with E-state index in [1.165, 1.54) is 17.3 Å². The summed E-state index contributed by atoms with van der Waals surface area (Å²) < 4.78 is 0. The first-order valence-corrected chi connectivity index (χ1v) is 5.17. The van der Waals surface area contributed by atoms with Crippen molar-refractivity contribution in [2.24, 2.45) is 0 Å². The van der Waals surface area contributed by atoms with Gasteiger partial charge in [-0.15, -0.1) is 0 Å². The standard InChI is InChI=1S/C10H11NOS/c1-7-9(13-10(12)11-7)8-5-3-2-4-6-8/h2-7,9H,1H3,(H,11,12)/t7-,9+/m1/s1. The topological polar surface area (TPSA) is 29.1 Å². The summed E-state index contributed by atoms with van der Waals surface area (Å²) in [5.41, 5.74) is 1.22. The molecule has 1 heterocycles.